The molecule has 8 nitrogen and oxygen atoms in total. The van der Waals surface area contributed by atoms with Crippen LogP contribution in [0.15, 0.2) is 17.4 Å². The molecule has 0 bridgehead atoms. The van der Waals surface area contributed by atoms with Gasteiger partial charge in [0, 0.05) is 70.6 Å². The Morgan fingerprint density at radius 3 is 2.68 bits per heavy atom. The number of halogens is 1. The average molecular weight is 502 g/mol. The Balaban J connectivity index is 0.00000312. The minimum absolute atomic E-state index is 0. The number of aromatic nitrogens is 2. The summed E-state index contributed by atoms with van der Waals surface area (Å²) in [6.45, 7) is 2.23. The number of guanidine groups is 1. The van der Waals surface area contributed by atoms with Crippen LogP contribution in [0.2, 0.25) is 0 Å². The molecule has 0 saturated carbocycles. The lowest BCUT2D eigenvalue weighted by atomic mass is 10.3. The first kappa shape index (κ1) is 22.5. The van der Waals surface area contributed by atoms with E-state index in [2.05, 4.69) is 15.4 Å². The minimum atomic E-state index is -3.20. The third-order valence-electron chi connectivity index (χ3n) is 3.76. The lowest BCUT2D eigenvalue weighted by Gasteiger charge is -2.26. The van der Waals surface area contributed by atoms with Gasteiger partial charge in [0.2, 0.25) is 10.0 Å². The zero-order valence-electron chi connectivity index (χ0n) is 14.9. The van der Waals surface area contributed by atoms with Crippen LogP contribution in [0.3, 0.4) is 0 Å². The lowest BCUT2D eigenvalue weighted by Crippen LogP contribution is -2.44. The van der Waals surface area contributed by atoms with Crippen LogP contribution in [0.25, 0.3) is 0 Å². The van der Waals surface area contributed by atoms with Crippen LogP contribution < -0.4 is 5.32 Å². The van der Waals surface area contributed by atoms with Crippen molar-refractivity contribution in [2.75, 3.05) is 51.0 Å². The molecule has 1 aromatic rings. The molecule has 1 saturated heterocycles. The van der Waals surface area contributed by atoms with Crippen molar-refractivity contribution in [1.29, 1.82) is 0 Å². The fraction of sp³-hybridized carbons (Fsp3) is 0.714. The molecule has 144 valence electrons. The van der Waals surface area contributed by atoms with Crippen LogP contribution in [0, 0.1) is 0 Å². The molecule has 0 amide bonds. The normalized spacial score (nSPS) is 16.4. The Bertz CT molecular complexity index is 658. The van der Waals surface area contributed by atoms with E-state index in [1.165, 1.54) is 0 Å². The number of nitrogens with zero attached hydrogens (tertiary/aromatic N) is 5. The van der Waals surface area contributed by atoms with E-state index in [0.29, 0.717) is 32.1 Å². The van der Waals surface area contributed by atoms with Gasteiger partial charge in [0.1, 0.15) is 0 Å². The van der Waals surface area contributed by atoms with Gasteiger partial charge in [0.15, 0.2) is 5.96 Å². The molecule has 1 fully saturated rings. The molecule has 0 atom stereocenters. The summed E-state index contributed by atoms with van der Waals surface area (Å²) in [5.41, 5.74) is 1.07. The van der Waals surface area contributed by atoms with Gasteiger partial charge in [-0.2, -0.15) is 16.9 Å². The van der Waals surface area contributed by atoms with E-state index < -0.39 is 10.0 Å². The van der Waals surface area contributed by atoms with E-state index in [9.17, 15) is 8.42 Å². The Morgan fingerprint density at radius 2 is 2.12 bits per heavy atom. The Labute approximate surface area is 171 Å². The molecule has 11 heteroatoms. The highest BCUT2D eigenvalue weighted by Crippen LogP contribution is 2.13. The van der Waals surface area contributed by atoms with Gasteiger partial charge in [0.05, 0.1) is 11.9 Å². The Kier molecular flexibility index (Phi) is 9.52. The summed E-state index contributed by atoms with van der Waals surface area (Å²) in [7, 11) is 2.29. The van der Waals surface area contributed by atoms with Crippen LogP contribution in [0.4, 0.5) is 0 Å². The molecular formula is C14H27IN6O2S2. The molecular weight excluding hydrogens is 475 g/mol. The summed E-state index contributed by atoms with van der Waals surface area (Å²) in [5.74, 6) is 2.50. The molecule has 0 aliphatic carbocycles. The second kappa shape index (κ2) is 10.6. The van der Waals surface area contributed by atoms with Gasteiger partial charge < -0.3 is 10.2 Å². The van der Waals surface area contributed by atoms with E-state index >= 15 is 0 Å². The molecule has 0 aromatic carbocycles. The van der Waals surface area contributed by atoms with E-state index in [0.717, 1.165) is 17.1 Å². The molecule has 1 N–H and O–H groups in total. The van der Waals surface area contributed by atoms with Gasteiger partial charge in [-0.3, -0.25) is 9.67 Å². The molecule has 25 heavy (non-hydrogen) atoms. The van der Waals surface area contributed by atoms with Gasteiger partial charge in [0.25, 0.3) is 0 Å². The SMILES string of the molecule is CN=C(NCCS(=O)(=O)N1CCSCC1)N(C)Cc1cnn(C)c1.I. The second-order valence-electron chi connectivity index (χ2n) is 5.68. The number of rotatable bonds is 6. The first-order chi connectivity index (χ1) is 11.4. The highest BCUT2D eigenvalue weighted by Gasteiger charge is 2.23. The van der Waals surface area contributed by atoms with Crippen molar-refractivity contribution >= 4 is 51.7 Å². The summed E-state index contributed by atoms with van der Waals surface area (Å²) in [6.07, 6.45) is 3.76. The number of hydrogen-bond donors (Lipinski definition) is 1. The van der Waals surface area contributed by atoms with Crippen molar-refractivity contribution in [1.82, 2.24) is 24.3 Å². The smallest absolute Gasteiger partial charge is 0.215 e. The quantitative estimate of drug-likeness (QED) is 0.345. The predicted molar refractivity (Wildman–Crippen MR) is 114 cm³/mol. The average Bonchev–Trinajstić information content (AvgIpc) is 2.97. The third kappa shape index (κ3) is 6.94. The van der Waals surface area contributed by atoms with E-state index in [1.807, 2.05) is 31.4 Å². The van der Waals surface area contributed by atoms with Gasteiger partial charge in [-0.15, -0.1) is 24.0 Å². The molecule has 1 aromatic heterocycles. The summed E-state index contributed by atoms with van der Waals surface area (Å²) in [4.78, 5) is 6.16. The summed E-state index contributed by atoms with van der Waals surface area (Å²) in [5, 5.41) is 7.27. The first-order valence-electron chi connectivity index (χ1n) is 7.87. The highest BCUT2D eigenvalue weighted by molar-refractivity contribution is 14.0. The van der Waals surface area contributed by atoms with Gasteiger partial charge in [-0.25, -0.2) is 12.7 Å². The van der Waals surface area contributed by atoms with Crippen molar-refractivity contribution < 1.29 is 8.42 Å². The van der Waals surface area contributed by atoms with Crippen LogP contribution >= 0.6 is 35.7 Å². The highest BCUT2D eigenvalue weighted by atomic mass is 127. The predicted octanol–water partition coefficient (Wildman–Crippen LogP) is 0.424. The lowest BCUT2D eigenvalue weighted by molar-refractivity contribution is 0.442. The maximum Gasteiger partial charge on any atom is 0.215 e. The molecule has 0 unspecified atom stereocenters. The van der Waals surface area contributed by atoms with Gasteiger partial charge in [-0.1, -0.05) is 0 Å². The van der Waals surface area contributed by atoms with Crippen molar-refractivity contribution in [3.63, 3.8) is 0 Å². The van der Waals surface area contributed by atoms with Crippen molar-refractivity contribution in [2.45, 2.75) is 6.54 Å². The first-order valence-corrected chi connectivity index (χ1v) is 10.6. The van der Waals surface area contributed by atoms with Crippen molar-refractivity contribution in [2.24, 2.45) is 12.0 Å². The summed E-state index contributed by atoms with van der Waals surface area (Å²) < 4.78 is 28.0. The van der Waals surface area contributed by atoms with Gasteiger partial charge >= 0.3 is 0 Å². The van der Waals surface area contributed by atoms with E-state index in [4.69, 9.17) is 0 Å². The van der Waals surface area contributed by atoms with Crippen LogP contribution in [-0.2, 0) is 23.6 Å². The number of aliphatic imine (C=N–C) groups is 1. The summed E-state index contributed by atoms with van der Waals surface area (Å²) >= 11 is 1.80. The van der Waals surface area contributed by atoms with E-state index in [1.54, 1.807) is 27.8 Å². The summed E-state index contributed by atoms with van der Waals surface area (Å²) in [6, 6.07) is 0. The number of thioether (sulfide) groups is 1. The standard InChI is InChI=1S/C14H26N6O2S2.HI/c1-15-14(18(2)11-13-10-17-19(3)12-13)16-4-9-24(21,22)20-5-7-23-8-6-20;/h10,12H,4-9,11H2,1-3H3,(H,15,16);1H. The number of hydrogen-bond acceptors (Lipinski definition) is 5. The Hall–Kier alpha value is -0.530. The van der Waals surface area contributed by atoms with Gasteiger partial charge in [-0.05, 0) is 0 Å². The third-order valence-corrected chi connectivity index (χ3v) is 6.57. The molecule has 0 spiro atoms. The molecule has 0 radical (unpaired) electrons. The molecule has 2 heterocycles. The monoisotopic (exact) mass is 502 g/mol. The number of sulfonamides is 1. The minimum Gasteiger partial charge on any atom is -0.355 e. The number of aryl methyl sites for hydroxylation is 1. The fourth-order valence-electron chi connectivity index (χ4n) is 2.53. The second-order valence-corrected chi connectivity index (χ2v) is 8.99. The van der Waals surface area contributed by atoms with Crippen molar-refractivity contribution in [3.05, 3.63) is 18.0 Å². The topological polar surface area (TPSA) is 82.8 Å². The largest absolute Gasteiger partial charge is 0.355 e. The zero-order valence-corrected chi connectivity index (χ0v) is 18.8. The Morgan fingerprint density at radius 1 is 1.44 bits per heavy atom. The van der Waals surface area contributed by atoms with E-state index in [-0.39, 0.29) is 29.7 Å². The molecule has 2 rings (SSSR count). The maximum absolute atomic E-state index is 12.3. The van der Waals surface area contributed by atoms with Crippen LogP contribution in [-0.4, -0.2) is 84.4 Å². The molecule has 1 aliphatic rings. The maximum atomic E-state index is 12.3. The fourth-order valence-corrected chi connectivity index (χ4v) is 5.02. The van der Waals surface area contributed by atoms with Crippen molar-refractivity contribution in [3.8, 4) is 0 Å². The van der Waals surface area contributed by atoms with Crippen LogP contribution in [0.1, 0.15) is 5.56 Å². The number of nitrogens with one attached hydrogen (secondary N) is 1. The molecule has 1 aliphatic heterocycles. The van der Waals surface area contributed by atoms with Crippen LogP contribution in [0.5, 0.6) is 0 Å². The zero-order chi connectivity index (χ0) is 17.6.